The summed E-state index contributed by atoms with van der Waals surface area (Å²) in [4.78, 5) is 14.8. The molecule has 2 aliphatic carbocycles. The number of benzene rings is 1. The van der Waals surface area contributed by atoms with Gasteiger partial charge in [-0.15, -0.1) is 0 Å². The minimum atomic E-state index is -0.577. The van der Waals surface area contributed by atoms with Crippen molar-refractivity contribution in [2.24, 2.45) is 0 Å². The number of hydrogen-bond acceptors (Lipinski definition) is 6. The molecule has 0 spiro atoms. The van der Waals surface area contributed by atoms with Crippen molar-refractivity contribution < 1.29 is 24.1 Å². The zero-order valence-electron chi connectivity index (χ0n) is 16.2. The van der Waals surface area contributed by atoms with Gasteiger partial charge in [0.2, 0.25) is 11.5 Å². The van der Waals surface area contributed by atoms with E-state index in [4.69, 9.17) is 14.2 Å². The van der Waals surface area contributed by atoms with Gasteiger partial charge in [0, 0.05) is 17.0 Å². The number of ether oxygens (including phenoxy) is 3. The van der Waals surface area contributed by atoms with Crippen molar-refractivity contribution in [3.63, 3.8) is 0 Å². The molecule has 1 fully saturated rings. The summed E-state index contributed by atoms with van der Waals surface area (Å²) in [6.07, 6.45) is 6.02. The Bertz CT molecular complexity index is 872. The number of phenols is 1. The predicted octanol–water partition coefficient (Wildman–Crippen LogP) is 2.34. The van der Waals surface area contributed by atoms with Crippen LogP contribution in [-0.4, -0.2) is 56.8 Å². The zero-order chi connectivity index (χ0) is 19.3. The molecule has 1 aromatic carbocycles. The van der Waals surface area contributed by atoms with Gasteiger partial charge < -0.3 is 19.3 Å². The molecule has 6 nitrogen and oxygen atoms in total. The van der Waals surface area contributed by atoms with Crippen LogP contribution in [0.5, 0.6) is 17.2 Å². The molecular weight excluding hydrogens is 346 g/mol. The number of carbonyl (C=O) groups is 1. The second-order valence-corrected chi connectivity index (χ2v) is 7.43. The Labute approximate surface area is 159 Å². The fourth-order valence-corrected chi connectivity index (χ4v) is 4.97. The van der Waals surface area contributed by atoms with Crippen LogP contribution in [0.1, 0.15) is 24.0 Å². The third kappa shape index (κ3) is 2.39. The number of nitrogens with zero attached hydrogens (tertiary/aromatic N) is 1. The molecule has 3 aliphatic rings. The van der Waals surface area contributed by atoms with Gasteiger partial charge in [0.05, 0.1) is 21.3 Å². The lowest BCUT2D eigenvalue weighted by molar-refractivity contribution is -0.114. The molecule has 4 rings (SSSR count). The molecule has 27 heavy (non-hydrogen) atoms. The molecule has 1 heterocycles. The Morgan fingerprint density at radius 3 is 2.67 bits per heavy atom. The maximum Gasteiger partial charge on any atom is 0.220 e. The van der Waals surface area contributed by atoms with Crippen LogP contribution in [-0.2, 0) is 21.4 Å². The second-order valence-electron chi connectivity index (χ2n) is 7.43. The smallest absolute Gasteiger partial charge is 0.220 e. The summed E-state index contributed by atoms with van der Waals surface area (Å²) in [5.74, 6) is 1.13. The summed E-state index contributed by atoms with van der Waals surface area (Å²) in [5.41, 5.74) is 2.29. The molecule has 1 saturated heterocycles. The molecule has 2 atom stereocenters. The largest absolute Gasteiger partial charge is 0.504 e. The van der Waals surface area contributed by atoms with Gasteiger partial charge in [0.15, 0.2) is 17.3 Å². The maximum absolute atomic E-state index is 12.6. The minimum absolute atomic E-state index is 0.0870. The van der Waals surface area contributed by atoms with Crippen LogP contribution in [0.3, 0.4) is 0 Å². The van der Waals surface area contributed by atoms with Crippen LogP contribution in [0.4, 0.5) is 0 Å². The Morgan fingerprint density at radius 2 is 2.00 bits per heavy atom. The Hall–Kier alpha value is -2.47. The predicted molar refractivity (Wildman–Crippen MR) is 100 cm³/mol. The van der Waals surface area contributed by atoms with Gasteiger partial charge in [-0.05, 0) is 62.2 Å². The lowest BCUT2D eigenvalue weighted by Gasteiger charge is -2.47. The van der Waals surface area contributed by atoms with Crippen molar-refractivity contribution in [2.45, 2.75) is 30.7 Å². The van der Waals surface area contributed by atoms with Crippen molar-refractivity contribution in [2.75, 3.05) is 34.9 Å². The number of fused-ring (bicyclic) bond motifs is 1. The summed E-state index contributed by atoms with van der Waals surface area (Å²) in [6.45, 7) is 0.858. The maximum atomic E-state index is 12.6. The van der Waals surface area contributed by atoms with Crippen LogP contribution in [0.2, 0.25) is 0 Å². The number of carbonyl (C=O) groups excluding carboxylic acids is 1. The van der Waals surface area contributed by atoms with Crippen LogP contribution < -0.4 is 9.47 Å². The van der Waals surface area contributed by atoms with Gasteiger partial charge in [0.25, 0.3) is 0 Å². The van der Waals surface area contributed by atoms with Gasteiger partial charge in [-0.25, -0.2) is 0 Å². The Balaban J connectivity index is 2.06. The van der Waals surface area contributed by atoms with Crippen LogP contribution >= 0.6 is 0 Å². The minimum Gasteiger partial charge on any atom is -0.504 e. The number of methoxy groups -OCH3 is 3. The van der Waals surface area contributed by atoms with E-state index in [0.29, 0.717) is 17.3 Å². The summed E-state index contributed by atoms with van der Waals surface area (Å²) in [6, 6.07) is 2.10. The van der Waals surface area contributed by atoms with E-state index in [9.17, 15) is 9.90 Å². The van der Waals surface area contributed by atoms with Crippen molar-refractivity contribution in [3.8, 4) is 17.2 Å². The Kier molecular flexibility index (Phi) is 4.18. The van der Waals surface area contributed by atoms with E-state index in [0.717, 1.165) is 42.5 Å². The number of phenolic OH excluding ortho intramolecular Hbond substituents is 1. The van der Waals surface area contributed by atoms with E-state index in [1.54, 1.807) is 13.2 Å². The molecule has 2 bridgehead atoms. The summed E-state index contributed by atoms with van der Waals surface area (Å²) in [7, 11) is 6.69. The van der Waals surface area contributed by atoms with E-state index in [-0.39, 0.29) is 17.6 Å². The molecule has 1 N–H and O–H groups in total. The lowest BCUT2D eigenvalue weighted by atomic mass is 9.64. The first-order valence-corrected chi connectivity index (χ1v) is 9.17. The first-order valence-electron chi connectivity index (χ1n) is 9.17. The van der Waals surface area contributed by atoms with E-state index in [1.165, 1.54) is 14.2 Å². The highest BCUT2D eigenvalue weighted by molar-refractivity contribution is 6.05. The normalized spacial score (nSPS) is 27.0. The Morgan fingerprint density at radius 1 is 1.22 bits per heavy atom. The summed E-state index contributed by atoms with van der Waals surface area (Å²) in [5, 5.41) is 11.2. The van der Waals surface area contributed by atoms with E-state index in [1.807, 2.05) is 12.1 Å². The molecule has 0 radical (unpaired) electrons. The van der Waals surface area contributed by atoms with Gasteiger partial charge in [-0.2, -0.15) is 0 Å². The first kappa shape index (κ1) is 17.9. The number of aryl methyl sites for hydroxylation is 1. The molecule has 0 saturated carbocycles. The van der Waals surface area contributed by atoms with Crippen LogP contribution in [0, 0.1) is 0 Å². The number of allylic oxidation sites excluding steroid dienone is 2. The fraction of sp³-hybridized carbons (Fsp3) is 0.476. The standard InChI is InChI=1S/C21H25NO5/c1-22-8-7-21-11-17(26-3)15(23)10-13(21)14(22)6-5-12-9-16(25-2)20(27-4)19(24)18(12)21/h9-11,14,24H,5-8H2,1-4H3/t14-,21+/m0/s1. The zero-order valence-corrected chi connectivity index (χ0v) is 16.2. The van der Waals surface area contributed by atoms with Gasteiger partial charge in [0.1, 0.15) is 0 Å². The molecule has 1 aromatic rings. The first-order chi connectivity index (χ1) is 13.0. The lowest BCUT2D eigenvalue weighted by Crippen LogP contribution is -2.49. The van der Waals surface area contributed by atoms with E-state index >= 15 is 0 Å². The number of hydrogen-bond donors (Lipinski definition) is 1. The molecule has 0 amide bonds. The molecule has 0 unspecified atom stereocenters. The number of rotatable bonds is 3. The number of piperidine rings is 1. The topological polar surface area (TPSA) is 68.2 Å². The highest BCUT2D eigenvalue weighted by atomic mass is 16.5. The van der Waals surface area contributed by atoms with E-state index in [2.05, 4.69) is 11.9 Å². The second kappa shape index (κ2) is 6.30. The van der Waals surface area contributed by atoms with Gasteiger partial charge >= 0.3 is 0 Å². The third-order valence-corrected chi connectivity index (χ3v) is 6.25. The van der Waals surface area contributed by atoms with Crippen LogP contribution in [0.15, 0.2) is 29.6 Å². The average Bonchev–Trinajstić information content (AvgIpc) is 2.76. The molecule has 1 aliphatic heterocycles. The van der Waals surface area contributed by atoms with Gasteiger partial charge in [-0.1, -0.05) is 0 Å². The fourth-order valence-electron chi connectivity index (χ4n) is 4.97. The number of likely N-dealkylation sites (N-methyl/N-ethyl adjacent to an activating group) is 1. The van der Waals surface area contributed by atoms with Crippen LogP contribution in [0.25, 0.3) is 0 Å². The molecular formula is C21H25NO5. The molecule has 0 aromatic heterocycles. The molecule has 144 valence electrons. The summed E-state index contributed by atoms with van der Waals surface area (Å²) >= 11 is 0. The monoisotopic (exact) mass is 371 g/mol. The SMILES string of the molecule is COC1=C[C@@]23CCN(C)[C@@H](CCc4cc(OC)c(OC)c(O)c42)C3=CC1=O. The highest BCUT2D eigenvalue weighted by Gasteiger charge is 2.50. The summed E-state index contributed by atoms with van der Waals surface area (Å²) < 4.78 is 16.3. The average molecular weight is 371 g/mol. The van der Waals surface area contributed by atoms with Crippen molar-refractivity contribution >= 4 is 5.78 Å². The van der Waals surface area contributed by atoms with Crippen molar-refractivity contribution in [1.29, 1.82) is 0 Å². The third-order valence-electron chi connectivity index (χ3n) is 6.25. The van der Waals surface area contributed by atoms with E-state index < -0.39 is 5.41 Å². The number of ketones is 1. The quantitative estimate of drug-likeness (QED) is 0.880. The molecule has 6 heteroatoms. The van der Waals surface area contributed by atoms with Crippen molar-refractivity contribution in [1.82, 2.24) is 4.90 Å². The van der Waals surface area contributed by atoms with Gasteiger partial charge in [-0.3, -0.25) is 9.69 Å². The highest BCUT2D eigenvalue weighted by Crippen LogP contribution is 2.56. The van der Waals surface area contributed by atoms with Crippen molar-refractivity contribution in [3.05, 3.63) is 40.7 Å². The number of aromatic hydroxyl groups is 1. The number of likely N-dealkylation sites (tertiary alicyclic amines) is 1.